The van der Waals surface area contributed by atoms with Crippen LogP contribution in [0.25, 0.3) is 0 Å². The van der Waals surface area contributed by atoms with Gasteiger partial charge in [-0.2, -0.15) is 0 Å². The summed E-state index contributed by atoms with van der Waals surface area (Å²) in [6, 6.07) is 0. The first-order chi connectivity index (χ1) is 50.7. The number of hydrogen-bond acceptors (Lipinski definition) is 15. The van der Waals surface area contributed by atoms with Crippen LogP contribution in [0.5, 0.6) is 0 Å². The predicted octanol–water partition coefficient (Wildman–Crippen LogP) is 26.1. The van der Waals surface area contributed by atoms with Crippen LogP contribution in [0.15, 0.2) is 0 Å². The van der Waals surface area contributed by atoms with Crippen LogP contribution >= 0.6 is 15.6 Å². The second-order valence-electron chi connectivity index (χ2n) is 32.4. The molecule has 0 aromatic rings. The molecular weight excluding hydrogens is 1370 g/mol. The molecule has 0 spiro atoms. The largest absolute Gasteiger partial charge is 0.472 e. The topological polar surface area (TPSA) is 237 Å². The van der Waals surface area contributed by atoms with Crippen molar-refractivity contribution >= 4 is 39.5 Å². The van der Waals surface area contributed by atoms with Crippen molar-refractivity contribution in [3.8, 4) is 0 Å². The van der Waals surface area contributed by atoms with E-state index < -0.39 is 97.5 Å². The molecule has 0 fully saturated rings. The molecule has 624 valence electrons. The highest BCUT2D eigenvalue weighted by atomic mass is 31.2. The van der Waals surface area contributed by atoms with Gasteiger partial charge in [-0.1, -0.05) is 402 Å². The molecule has 0 radical (unpaired) electrons. The maximum Gasteiger partial charge on any atom is 0.472 e. The quantitative estimate of drug-likeness (QED) is 0.0222. The van der Waals surface area contributed by atoms with E-state index in [0.29, 0.717) is 25.7 Å². The van der Waals surface area contributed by atoms with Crippen LogP contribution in [0.3, 0.4) is 0 Å². The second kappa shape index (κ2) is 76.1. The van der Waals surface area contributed by atoms with Crippen molar-refractivity contribution in [2.24, 2.45) is 17.8 Å². The first-order valence-corrected chi connectivity index (χ1v) is 47.3. The number of carbonyl (C=O) groups is 4. The van der Waals surface area contributed by atoms with E-state index in [1.165, 1.54) is 263 Å². The number of aliphatic hydroxyl groups excluding tert-OH is 1. The van der Waals surface area contributed by atoms with Crippen LogP contribution in [0.2, 0.25) is 0 Å². The smallest absolute Gasteiger partial charge is 0.462 e. The SMILES string of the molecule is CCCCCCCCCCCCCC(=O)OC[C@H](COP(=O)(O)OC[C@H](O)COP(=O)(O)OC[C@@H](COC(=O)CCCCCCCCCCCCCCCCCC(C)C)OC(=O)CCCCCCCCCCCCCCCCCC(C)C)OC(=O)CCCCCCCCCCCCCCCCCC(C)C. The van der Waals surface area contributed by atoms with E-state index in [4.69, 9.17) is 37.0 Å². The molecule has 0 saturated carbocycles. The zero-order valence-electron chi connectivity index (χ0n) is 69.2. The number of carbonyl (C=O) groups excluding carboxylic acids is 4. The van der Waals surface area contributed by atoms with Gasteiger partial charge in [-0.25, -0.2) is 9.13 Å². The first kappa shape index (κ1) is 103. The third kappa shape index (κ3) is 79.9. The van der Waals surface area contributed by atoms with Gasteiger partial charge in [0, 0.05) is 25.7 Å². The highest BCUT2D eigenvalue weighted by Gasteiger charge is 2.30. The van der Waals surface area contributed by atoms with Crippen molar-refractivity contribution in [1.82, 2.24) is 0 Å². The van der Waals surface area contributed by atoms with Crippen LogP contribution in [-0.2, 0) is 65.4 Å². The van der Waals surface area contributed by atoms with Crippen molar-refractivity contribution in [1.29, 1.82) is 0 Å². The van der Waals surface area contributed by atoms with Crippen molar-refractivity contribution < 1.29 is 80.2 Å². The molecule has 0 aliphatic rings. The number of esters is 4. The number of phosphoric ester groups is 2. The first-order valence-electron chi connectivity index (χ1n) is 44.3. The van der Waals surface area contributed by atoms with Gasteiger partial charge in [0.25, 0.3) is 0 Å². The number of phosphoric acid groups is 2. The van der Waals surface area contributed by atoms with E-state index in [-0.39, 0.29) is 25.7 Å². The lowest BCUT2D eigenvalue weighted by molar-refractivity contribution is -0.161. The third-order valence-electron chi connectivity index (χ3n) is 20.1. The Balaban J connectivity index is 5.25. The molecule has 17 nitrogen and oxygen atoms in total. The van der Waals surface area contributed by atoms with Crippen LogP contribution in [0, 0.1) is 17.8 Å². The van der Waals surface area contributed by atoms with Gasteiger partial charge in [-0.05, 0) is 43.4 Å². The zero-order valence-corrected chi connectivity index (χ0v) is 71.0. The Morgan fingerprint density at radius 3 is 0.648 bits per heavy atom. The van der Waals surface area contributed by atoms with E-state index >= 15 is 0 Å². The lowest BCUT2D eigenvalue weighted by Crippen LogP contribution is -2.30. The predicted molar refractivity (Wildman–Crippen MR) is 432 cm³/mol. The van der Waals surface area contributed by atoms with Gasteiger partial charge < -0.3 is 33.8 Å². The summed E-state index contributed by atoms with van der Waals surface area (Å²) in [5, 5.41) is 10.7. The van der Waals surface area contributed by atoms with Gasteiger partial charge >= 0.3 is 39.5 Å². The Hall–Kier alpha value is -1.94. The molecule has 0 bridgehead atoms. The van der Waals surface area contributed by atoms with Crippen LogP contribution in [0.4, 0.5) is 0 Å². The molecule has 0 aromatic heterocycles. The van der Waals surface area contributed by atoms with E-state index in [1.807, 2.05) is 0 Å². The minimum Gasteiger partial charge on any atom is -0.462 e. The lowest BCUT2D eigenvalue weighted by atomic mass is 10.0. The minimum absolute atomic E-state index is 0.108. The Morgan fingerprint density at radius 2 is 0.438 bits per heavy atom. The highest BCUT2D eigenvalue weighted by molar-refractivity contribution is 7.47. The summed E-state index contributed by atoms with van der Waals surface area (Å²) < 4.78 is 68.9. The van der Waals surface area contributed by atoms with Crippen molar-refractivity contribution in [2.75, 3.05) is 39.6 Å². The molecular formula is C86H168O17P2. The maximum atomic E-state index is 13.1. The second-order valence-corrected chi connectivity index (χ2v) is 35.3. The molecule has 105 heavy (non-hydrogen) atoms. The number of ether oxygens (including phenoxy) is 4. The average Bonchev–Trinajstić information content (AvgIpc) is 0.906. The van der Waals surface area contributed by atoms with Gasteiger partial charge in [0.1, 0.15) is 19.3 Å². The van der Waals surface area contributed by atoms with Crippen LogP contribution < -0.4 is 0 Å². The molecule has 0 aliphatic carbocycles. The van der Waals surface area contributed by atoms with E-state index in [1.54, 1.807) is 0 Å². The lowest BCUT2D eigenvalue weighted by Gasteiger charge is -2.21. The molecule has 0 heterocycles. The normalized spacial score (nSPS) is 13.9. The van der Waals surface area contributed by atoms with Gasteiger partial charge in [0.05, 0.1) is 26.4 Å². The number of unbranched alkanes of at least 4 members (excludes halogenated alkanes) is 52. The van der Waals surface area contributed by atoms with Gasteiger partial charge in [-0.3, -0.25) is 37.3 Å². The Labute approximate surface area is 645 Å². The molecule has 5 atom stereocenters. The van der Waals surface area contributed by atoms with E-state index in [2.05, 4.69) is 48.5 Å². The Kier molecular flexibility index (Phi) is 74.7. The standard InChI is InChI=1S/C86H168O17P2/c1-8-9-10-11-12-13-29-39-46-53-60-67-83(88)96-73-81(102-85(90)69-62-55-48-41-34-27-21-15-18-24-31-37-44-51-58-65-78(4)5)75-100-104(92,93)98-71-80(87)72-99-105(94,95)101-76-82(103-86(91)70-63-56-49-42-35-28-22-16-19-25-32-38-45-52-59-66-79(6)7)74-97-84(89)68-61-54-47-40-33-26-20-14-17-23-30-36-43-50-57-64-77(2)3/h77-82,87H,8-76H2,1-7H3,(H,92,93)(H,94,95)/t80-,81+,82+/m0/s1. The number of aliphatic hydroxyl groups is 1. The van der Waals surface area contributed by atoms with Gasteiger partial charge in [0.2, 0.25) is 0 Å². The summed E-state index contributed by atoms with van der Waals surface area (Å²) in [6.07, 6.45) is 66.5. The summed E-state index contributed by atoms with van der Waals surface area (Å²) in [4.78, 5) is 73.2. The zero-order chi connectivity index (χ0) is 77.2. The molecule has 0 amide bonds. The molecule has 0 aliphatic heterocycles. The summed E-state index contributed by atoms with van der Waals surface area (Å²) in [5.74, 6) is 0.309. The fourth-order valence-corrected chi connectivity index (χ4v) is 14.9. The summed E-state index contributed by atoms with van der Waals surface area (Å²) in [5.41, 5.74) is 0. The van der Waals surface area contributed by atoms with Crippen molar-refractivity contribution in [3.05, 3.63) is 0 Å². The van der Waals surface area contributed by atoms with Crippen LogP contribution in [-0.4, -0.2) is 96.7 Å². The third-order valence-corrected chi connectivity index (χ3v) is 22.0. The number of hydrogen-bond donors (Lipinski definition) is 3. The maximum absolute atomic E-state index is 13.1. The molecule has 0 saturated heterocycles. The monoisotopic (exact) mass is 1540 g/mol. The van der Waals surface area contributed by atoms with E-state index in [0.717, 1.165) is 108 Å². The van der Waals surface area contributed by atoms with Gasteiger partial charge in [0.15, 0.2) is 12.2 Å². The fraction of sp³-hybridized carbons (Fsp3) is 0.953. The molecule has 19 heteroatoms. The minimum atomic E-state index is -4.97. The number of rotatable bonds is 84. The Morgan fingerprint density at radius 1 is 0.257 bits per heavy atom. The summed E-state index contributed by atoms with van der Waals surface area (Å²) >= 11 is 0. The molecule has 2 unspecified atom stereocenters. The fourth-order valence-electron chi connectivity index (χ4n) is 13.4. The average molecular weight is 1540 g/mol. The van der Waals surface area contributed by atoms with E-state index in [9.17, 15) is 43.2 Å². The highest BCUT2D eigenvalue weighted by Crippen LogP contribution is 2.45. The molecule has 0 aromatic carbocycles. The molecule has 3 N–H and O–H groups in total. The molecule has 0 rings (SSSR count). The van der Waals surface area contributed by atoms with Crippen molar-refractivity contribution in [3.63, 3.8) is 0 Å². The van der Waals surface area contributed by atoms with Crippen LogP contribution in [0.1, 0.15) is 453 Å². The summed E-state index contributed by atoms with van der Waals surface area (Å²) in [7, 11) is -9.93. The Bertz CT molecular complexity index is 2030. The van der Waals surface area contributed by atoms with Gasteiger partial charge in [-0.15, -0.1) is 0 Å². The van der Waals surface area contributed by atoms with Crippen molar-refractivity contribution in [2.45, 2.75) is 471 Å². The summed E-state index contributed by atoms with van der Waals surface area (Å²) in [6.45, 7) is 12.1.